The largest absolute Gasteiger partial charge is 0.395 e. The third kappa shape index (κ3) is 3.74. The highest BCUT2D eigenvalue weighted by Gasteiger charge is 2.01. The standard InChI is InChI=1S/C9H12FNOS/c1-7(5-12)13-6-8-2-9(10)4-11-3-8/h2-4,7,12H,5-6H2,1H3. The topological polar surface area (TPSA) is 33.1 Å². The van der Waals surface area contributed by atoms with E-state index in [-0.39, 0.29) is 17.7 Å². The Kier molecular flexibility index (Phi) is 4.18. The highest BCUT2D eigenvalue weighted by atomic mass is 32.2. The summed E-state index contributed by atoms with van der Waals surface area (Å²) in [7, 11) is 0. The van der Waals surface area contributed by atoms with Crippen LogP contribution in [0.15, 0.2) is 18.5 Å². The summed E-state index contributed by atoms with van der Waals surface area (Å²) >= 11 is 1.58. The summed E-state index contributed by atoms with van der Waals surface area (Å²) in [4.78, 5) is 3.74. The molecule has 0 amide bonds. The fourth-order valence-corrected chi connectivity index (χ4v) is 1.57. The number of pyridine rings is 1. The van der Waals surface area contributed by atoms with Crippen LogP contribution in [0.3, 0.4) is 0 Å². The molecule has 0 saturated heterocycles. The molecule has 0 saturated carbocycles. The Balaban J connectivity index is 2.45. The van der Waals surface area contributed by atoms with Crippen molar-refractivity contribution in [3.63, 3.8) is 0 Å². The van der Waals surface area contributed by atoms with Crippen molar-refractivity contribution in [1.82, 2.24) is 4.98 Å². The quantitative estimate of drug-likeness (QED) is 0.806. The highest BCUT2D eigenvalue weighted by molar-refractivity contribution is 7.99. The van der Waals surface area contributed by atoms with Gasteiger partial charge in [0, 0.05) is 17.2 Å². The Bertz CT molecular complexity index is 270. The number of aromatic nitrogens is 1. The van der Waals surface area contributed by atoms with E-state index in [9.17, 15) is 4.39 Å². The fourth-order valence-electron chi connectivity index (χ4n) is 0.826. The number of aliphatic hydroxyl groups is 1. The van der Waals surface area contributed by atoms with Crippen LogP contribution in [0.4, 0.5) is 4.39 Å². The summed E-state index contributed by atoms with van der Waals surface area (Å²) in [5.41, 5.74) is 0.852. The molecule has 0 fully saturated rings. The van der Waals surface area contributed by atoms with Gasteiger partial charge >= 0.3 is 0 Å². The molecule has 1 atom stereocenters. The molecule has 1 aromatic heterocycles. The number of thioether (sulfide) groups is 1. The molecule has 4 heteroatoms. The first-order valence-corrected chi connectivity index (χ1v) is 5.09. The predicted octanol–water partition coefficient (Wildman–Crippen LogP) is 1.83. The molecule has 0 aliphatic rings. The first-order valence-electron chi connectivity index (χ1n) is 4.04. The average molecular weight is 201 g/mol. The second-order valence-corrected chi connectivity index (χ2v) is 4.24. The number of aliphatic hydroxyl groups excluding tert-OH is 1. The van der Waals surface area contributed by atoms with Crippen LogP contribution in [0.25, 0.3) is 0 Å². The maximum absolute atomic E-state index is 12.7. The van der Waals surface area contributed by atoms with Gasteiger partial charge in [0.05, 0.1) is 12.8 Å². The van der Waals surface area contributed by atoms with Crippen molar-refractivity contribution in [1.29, 1.82) is 0 Å². The third-order valence-electron chi connectivity index (χ3n) is 1.55. The number of hydrogen-bond donors (Lipinski definition) is 1. The molecule has 1 heterocycles. The Morgan fingerprint density at radius 3 is 3.00 bits per heavy atom. The number of hydrogen-bond acceptors (Lipinski definition) is 3. The first-order chi connectivity index (χ1) is 6.22. The van der Waals surface area contributed by atoms with Crippen molar-refractivity contribution in [2.24, 2.45) is 0 Å². The van der Waals surface area contributed by atoms with E-state index < -0.39 is 0 Å². The van der Waals surface area contributed by atoms with Gasteiger partial charge in [-0.05, 0) is 11.6 Å². The van der Waals surface area contributed by atoms with Crippen LogP contribution in [-0.4, -0.2) is 21.9 Å². The van der Waals surface area contributed by atoms with Crippen LogP contribution in [0.1, 0.15) is 12.5 Å². The lowest BCUT2D eigenvalue weighted by molar-refractivity contribution is 0.300. The van der Waals surface area contributed by atoms with Gasteiger partial charge < -0.3 is 5.11 Å². The Hall–Kier alpha value is -0.610. The number of nitrogens with zero attached hydrogens (tertiary/aromatic N) is 1. The van der Waals surface area contributed by atoms with Gasteiger partial charge in [0.1, 0.15) is 5.82 Å². The molecule has 2 nitrogen and oxygen atoms in total. The van der Waals surface area contributed by atoms with Crippen LogP contribution in [0.2, 0.25) is 0 Å². The van der Waals surface area contributed by atoms with Crippen LogP contribution in [-0.2, 0) is 5.75 Å². The molecule has 0 bridgehead atoms. The van der Waals surface area contributed by atoms with Crippen molar-refractivity contribution in [3.05, 3.63) is 29.8 Å². The smallest absolute Gasteiger partial charge is 0.141 e. The van der Waals surface area contributed by atoms with Crippen molar-refractivity contribution < 1.29 is 9.50 Å². The number of halogens is 1. The van der Waals surface area contributed by atoms with Gasteiger partial charge in [-0.15, -0.1) is 0 Å². The normalized spacial score (nSPS) is 12.8. The van der Waals surface area contributed by atoms with Crippen LogP contribution >= 0.6 is 11.8 Å². The minimum Gasteiger partial charge on any atom is -0.395 e. The van der Waals surface area contributed by atoms with Crippen LogP contribution in [0, 0.1) is 5.82 Å². The molecule has 0 radical (unpaired) electrons. The zero-order valence-electron chi connectivity index (χ0n) is 7.40. The summed E-state index contributed by atoms with van der Waals surface area (Å²) in [5.74, 6) is 0.377. The summed E-state index contributed by atoms with van der Waals surface area (Å²) in [6, 6.07) is 1.46. The summed E-state index contributed by atoms with van der Waals surface area (Å²) < 4.78 is 12.7. The van der Waals surface area contributed by atoms with Gasteiger partial charge in [-0.3, -0.25) is 4.98 Å². The molecular weight excluding hydrogens is 189 g/mol. The molecule has 1 rings (SSSR count). The first kappa shape index (κ1) is 10.5. The number of rotatable bonds is 4. The third-order valence-corrected chi connectivity index (χ3v) is 2.77. The Morgan fingerprint density at radius 1 is 1.62 bits per heavy atom. The lowest BCUT2D eigenvalue weighted by atomic mass is 10.3. The molecule has 72 valence electrons. The van der Waals surface area contributed by atoms with Gasteiger partial charge in [0.2, 0.25) is 0 Å². The van der Waals surface area contributed by atoms with E-state index in [0.717, 1.165) is 5.56 Å². The predicted molar refractivity (Wildman–Crippen MR) is 52.0 cm³/mol. The molecule has 0 spiro atoms. The van der Waals surface area contributed by atoms with Gasteiger partial charge in [-0.1, -0.05) is 6.92 Å². The maximum atomic E-state index is 12.7. The van der Waals surface area contributed by atoms with Gasteiger partial charge in [0.15, 0.2) is 0 Å². The van der Waals surface area contributed by atoms with E-state index in [1.165, 1.54) is 12.3 Å². The summed E-state index contributed by atoms with van der Waals surface area (Å²) in [6.07, 6.45) is 2.82. The van der Waals surface area contributed by atoms with Crippen molar-refractivity contribution in [2.75, 3.05) is 6.61 Å². The van der Waals surface area contributed by atoms with E-state index in [2.05, 4.69) is 4.98 Å². The minimum absolute atomic E-state index is 0.146. The summed E-state index contributed by atoms with van der Waals surface area (Å²) in [6.45, 7) is 2.07. The molecule has 1 aromatic rings. The Labute approximate surface area is 81.2 Å². The molecule has 1 unspecified atom stereocenters. The van der Waals surface area contributed by atoms with Gasteiger partial charge in [-0.2, -0.15) is 11.8 Å². The fraction of sp³-hybridized carbons (Fsp3) is 0.444. The van der Waals surface area contributed by atoms with Crippen molar-refractivity contribution >= 4 is 11.8 Å². The molecule has 1 N–H and O–H groups in total. The zero-order chi connectivity index (χ0) is 9.68. The Morgan fingerprint density at radius 2 is 2.38 bits per heavy atom. The monoisotopic (exact) mass is 201 g/mol. The molecule has 0 aliphatic heterocycles. The van der Waals surface area contributed by atoms with Gasteiger partial charge in [0.25, 0.3) is 0 Å². The maximum Gasteiger partial charge on any atom is 0.141 e. The molecule has 0 aromatic carbocycles. The lowest BCUT2D eigenvalue weighted by Gasteiger charge is -2.06. The van der Waals surface area contributed by atoms with Crippen molar-refractivity contribution in [2.45, 2.75) is 17.9 Å². The van der Waals surface area contributed by atoms with Crippen LogP contribution in [0.5, 0.6) is 0 Å². The molecule has 0 aliphatic carbocycles. The van der Waals surface area contributed by atoms with E-state index >= 15 is 0 Å². The minimum atomic E-state index is -0.310. The zero-order valence-corrected chi connectivity index (χ0v) is 8.22. The van der Waals surface area contributed by atoms with Gasteiger partial charge in [-0.25, -0.2) is 4.39 Å². The summed E-state index contributed by atoms with van der Waals surface area (Å²) in [5, 5.41) is 8.94. The SMILES string of the molecule is CC(CO)SCc1cncc(F)c1. The second kappa shape index (κ2) is 5.19. The van der Waals surface area contributed by atoms with E-state index in [0.29, 0.717) is 5.75 Å². The highest BCUT2D eigenvalue weighted by Crippen LogP contribution is 2.16. The average Bonchev–Trinajstić information content (AvgIpc) is 2.14. The van der Waals surface area contributed by atoms with Crippen molar-refractivity contribution in [3.8, 4) is 0 Å². The molecule has 13 heavy (non-hydrogen) atoms. The van der Waals surface area contributed by atoms with E-state index in [1.54, 1.807) is 18.0 Å². The lowest BCUT2D eigenvalue weighted by Crippen LogP contribution is -2.02. The second-order valence-electron chi connectivity index (χ2n) is 2.82. The van der Waals surface area contributed by atoms with Crippen LogP contribution < -0.4 is 0 Å². The van der Waals surface area contributed by atoms with E-state index in [4.69, 9.17) is 5.11 Å². The molecular formula is C9H12FNOS. The van der Waals surface area contributed by atoms with E-state index in [1.807, 2.05) is 6.92 Å².